The summed E-state index contributed by atoms with van der Waals surface area (Å²) in [5.74, 6) is 0.399. The highest BCUT2D eigenvalue weighted by Gasteiger charge is 2.30. The van der Waals surface area contributed by atoms with Gasteiger partial charge in [0.2, 0.25) is 0 Å². The molecule has 2 aliphatic rings. The van der Waals surface area contributed by atoms with Gasteiger partial charge in [-0.3, -0.25) is 0 Å². The second-order valence-electron chi connectivity index (χ2n) is 7.60. The first-order valence-corrected chi connectivity index (χ1v) is 8.83. The van der Waals surface area contributed by atoms with Gasteiger partial charge >= 0.3 is 6.09 Å². The Hall–Kier alpha value is -1.75. The fraction of sp³-hybridized carbons (Fsp3) is 0.632. The number of carbonyl (C=O) groups is 1. The summed E-state index contributed by atoms with van der Waals surface area (Å²) >= 11 is 0. The van der Waals surface area contributed by atoms with Gasteiger partial charge in [0, 0.05) is 37.8 Å². The van der Waals surface area contributed by atoms with Gasteiger partial charge < -0.3 is 19.3 Å². The Morgan fingerprint density at radius 1 is 1.12 bits per heavy atom. The molecule has 1 atom stereocenters. The summed E-state index contributed by atoms with van der Waals surface area (Å²) in [6.07, 6.45) is 0.797. The molecule has 24 heavy (non-hydrogen) atoms. The lowest BCUT2D eigenvalue weighted by Crippen LogP contribution is -2.36. The fourth-order valence-electron chi connectivity index (χ4n) is 3.30. The number of rotatable bonds is 2. The van der Waals surface area contributed by atoms with E-state index in [1.54, 1.807) is 0 Å². The lowest BCUT2D eigenvalue weighted by Gasteiger charge is -2.29. The number of hydrogen-bond acceptors (Lipinski definition) is 4. The molecule has 1 unspecified atom stereocenters. The average molecular weight is 332 g/mol. The van der Waals surface area contributed by atoms with Gasteiger partial charge in [-0.2, -0.15) is 0 Å². The Morgan fingerprint density at radius 2 is 1.79 bits per heavy atom. The van der Waals surface area contributed by atoms with Gasteiger partial charge in [-0.05, 0) is 44.9 Å². The minimum atomic E-state index is -0.436. The van der Waals surface area contributed by atoms with Crippen LogP contribution in [-0.2, 0) is 9.47 Å². The van der Waals surface area contributed by atoms with Crippen LogP contribution in [0.2, 0.25) is 0 Å². The predicted molar refractivity (Wildman–Crippen MR) is 94.6 cm³/mol. The Balaban J connectivity index is 1.58. The molecular weight excluding hydrogens is 304 g/mol. The summed E-state index contributed by atoms with van der Waals surface area (Å²) in [7, 11) is 0. The molecule has 2 fully saturated rings. The van der Waals surface area contributed by atoms with E-state index >= 15 is 0 Å². The molecule has 1 aromatic carbocycles. The zero-order chi connectivity index (χ0) is 17.2. The van der Waals surface area contributed by atoms with Crippen LogP contribution in [0.3, 0.4) is 0 Å². The van der Waals surface area contributed by atoms with Gasteiger partial charge in [0.15, 0.2) is 0 Å². The highest BCUT2D eigenvalue weighted by atomic mass is 16.6. The van der Waals surface area contributed by atoms with Crippen molar-refractivity contribution < 1.29 is 14.3 Å². The van der Waals surface area contributed by atoms with Crippen LogP contribution in [0, 0.1) is 0 Å². The Bertz CT molecular complexity index is 559. The van der Waals surface area contributed by atoms with Crippen molar-refractivity contribution in [3.8, 4) is 0 Å². The average Bonchev–Trinajstić information content (AvgIpc) is 3.04. The van der Waals surface area contributed by atoms with E-state index in [4.69, 9.17) is 9.47 Å². The second-order valence-corrected chi connectivity index (χ2v) is 7.60. The molecule has 0 N–H and O–H groups in total. The third kappa shape index (κ3) is 4.20. The summed E-state index contributed by atoms with van der Waals surface area (Å²) in [4.78, 5) is 16.4. The van der Waals surface area contributed by atoms with E-state index < -0.39 is 5.60 Å². The summed E-state index contributed by atoms with van der Waals surface area (Å²) in [6, 6.07) is 8.79. The van der Waals surface area contributed by atoms with Crippen LogP contribution in [0.5, 0.6) is 0 Å². The van der Waals surface area contributed by atoms with Crippen molar-refractivity contribution in [1.29, 1.82) is 0 Å². The van der Waals surface area contributed by atoms with E-state index in [0.29, 0.717) is 5.92 Å². The highest BCUT2D eigenvalue weighted by Crippen LogP contribution is 2.29. The zero-order valence-corrected chi connectivity index (χ0v) is 15.0. The molecular formula is C19H28N2O3. The number of anilines is 1. The van der Waals surface area contributed by atoms with Crippen LogP contribution in [0.15, 0.2) is 24.3 Å². The summed E-state index contributed by atoms with van der Waals surface area (Å²) in [6.45, 7) is 10.7. The van der Waals surface area contributed by atoms with E-state index in [1.165, 1.54) is 11.3 Å². The van der Waals surface area contributed by atoms with E-state index in [1.807, 2.05) is 25.7 Å². The number of likely N-dealkylation sites (tertiary alicyclic amines) is 1. The normalized spacial score (nSPS) is 21.9. The molecule has 132 valence electrons. The first-order chi connectivity index (χ1) is 11.4. The topological polar surface area (TPSA) is 42.0 Å². The molecule has 0 aliphatic carbocycles. The lowest BCUT2D eigenvalue weighted by atomic mass is 9.98. The molecule has 0 spiro atoms. The number of morpholine rings is 1. The number of benzene rings is 1. The molecule has 0 bridgehead atoms. The smallest absolute Gasteiger partial charge is 0.410 e. The third-order valence-corrected chi connectivity index (χ3v) is 4.58. The summed E-state index contributed by atoms with van der Waals surface area (Å²) in [5, 5.41) is 0. The van der Waals surface area contributed by atoms with Crippen LogP contribution in [0.1, 0.15) is 38.7 Å². The van der Waals surface area contributed by atoms with Gasteiger partial charge in [0.25, 0.3) is 0 Å². The number of hydrogen-bond donors (Lipinski definition) is 0. The van der Waals surface area contributed by atoms with Crippen molar-refractivity contribution in [2.24, 2.45) is 0 Å². The molecule has 3 rings (SSSR count). The maximum Gasteiger partial charge on any atom is 0.410 e. The third-order valence-electron chi connectivity index (χ3n) is 4.58. The van der Waals surface area contributed by atoms with Crippen LogP contribution in [-0.4, -0.2) is 56.0 Å². The fourth-order valence-corrected chi connectivity index (χ4v) is 3.30. The SMILES string of the molecule is CC(C)(C)OC(=O)N1CCC(c2ccc(N3CCOCC3)cc2)C1. The monoisotopic (exact) mass is 332 g/mol. The van der Waals surface area contributed by atoms with Crippen molar-refractivity contribution in [1.82, 2.24) is 4.90 Å². The van der Waals surface area contributed by atoms with Crippen molar-refractivity contribution in [3.63, 3.8) is 0 Å². The molecule has 0 saturated carbocycles. The van der Waals surface area contributed by atoms with E-state index in [9.17, 15) is 4.79 Å². The van der Waals surface area contributed by atoms with Crippen molar-refractivity contribution >= 4 is 11.8 Å². The minimum Gasteiger partial charge on any atom is -0.444 e. The van der Waals surface area contributed by atoms with E-state index in [2.05, 4.69) is 29.2 Å². The van der Waals surface area contributed by atoms with E-state index in [0.717, 1.165) is 45.8 Å². The standard InChI is InChI=1S/C19H28N2O3/c1-19(2,3)24-18(22)21-9-8-16(14-21)15-4-6-17(7-5-15)20-10-12-23-13-11-20/h4-7,16H,8-14H2,1-3H3. The molecule has 2 aliphatic heterocycles. The summed E-state index contributed by atoms with van der Waals surface area (Å²) < 4.78 is 10.9. The van der Waals surface area contributed by atoms with Crippen LogP contribution < -0.4 is 4.90 Å². The molecule has 1 amide bonds. The minimum absolute atomic E-state index is 0.199. The molecule has 1 aromatic rings. The van der Waals surface area contributed by atoms with Gasteiger partial charge in [-0.1, -0.05) is 12.1 Å². The van der Waals surface area contributed by atoms with Crippen LogP contribution in [0.4, 0.5) is 10.5 Å². The first kappa shape index (κ1) is 17.1. The zero-order valence-electron chi connectivity index (χ0n) is 15.0. The number of carbonyl (C=O) groups excluding carboxylic acids is 1. The van der Waals surface area contributed by atoms with Crippen LogP contribution in [0.25, 0.3) is 0 Å². The predicted octanol–water partition coefficient (Wildman–Crippen LogP) is 3.25. The maximum absolute atomic E-state index is 12.2. The molecule has 0 aromatic heterocycles. The highest BCUT2D eigenvalue weighted by molar-refractivity contribution is 5.68. The van der Waals surface area contributed by atoms with Gasteiger partial charge in [-0.15, -0.1) is 0 Å². The van der Waals surface area contributed by atoms with E-state index in [-0.39, 0.29) is 6.09 Å². The number of amides is 1. The molecule has 0 radical (unpaired) electrons. The van der Waals surface area contributed by atoms with Gasteiger partial charge in [0.05, 0.1) is 13.2 Å². The largest absolute Gasteiger partial charge is 0.444 e. The molecule has 2 heterocycles. The quantitative estimate of drug-likeness (QED) is 0.834. The lowest BCUT2D eigenvalue weighted by molar-refractivity contribution is 0.0292. The Morgan fingerprint density at radius 3 is 2.42 bits per heavy atom. The molecule has 5 nitrogen and oxygen atoms in total. The van der Waals surface area contributed by atoms with Crippen molar-refractivity contribution in [3.05, 3.63) is 29.8 Å². The van der Waals surface area contributed by atoms with Crippen molar-refractivity contribution in [2.75, 3.05) is 44.3 Å². The van der Waals surface area contributed by atoms with Gasteiger partial charge in [-0.25, -0.2) is 4.79 Å². The Kier molecular flexibility index (Phi) is 4.99. The first-order valence-electron chi connectivity index (χ1n) is 8.83. The second kappa shape index (κ2) is 7.01. The van der Waals surface area contributed by atoms with Crippen molar-refractivity contribution in [2.45, 2.75) is 38.7 Å². The summed E-state index contributed by atoms with van der Waals surface area (Å²) in [5.41, 5.74) is 2.12. The number of ether oxygens (including phenoxy) is 2. The number of nitrogens with zero attached hydrogens (tertiary/aromatic N) is 2. The van der Waals surface area contributed by atoms with Gasteiger partial charge in [0.1, 0.15) is 5.60 Å². The molecule has 5 heteroatoms. The molecule has 2 saturated heterocycles. The van der Waals surface area contributed by atoms with Crippen LogP contribution >= 0.6 is 0 Å². The maximum atomic E-state index is 12.2. The Labute approximate surface area is 144 Å².